The van der Waals surface area contributed by atoms with E-state index in [1.807, 2.05) is 0 Å². The molecular formula is C19H39O. The first-order valence-electron chi connectivity index (χ1n) is 9.28. The molecule has 1 radical (unpaired) electrons. The first kappa shape index (κ1) is 20.0. The summed E-state index contributed by atoms with van der Waals surface area (Å²) in [6.07, 6.45) is 20.2. The summed E-state index contributed by atoms with van der Waals surface area (Å²) < 4.78 is 5.69. The van der Waals surface area contributed by atoms with Crippen LogP contribution < -0.4 is 0 Å². The molecule has 121 valence electrons. The van der Waals surface area contributed by atoms with E-state index in [1.165, 1.54) is 89.9 Å². The monoisotopic (exact) mass is 283 g/mol. The Balaban J connectivity index is 2.89. The molecule has 0 spiro atoms. The molecule has 0 aliphatic rings. The minimum absolute atomic E-state index is 0.974. The maximum atomic E-state index is 5.69. The van der Waals surface area contributed by atoms with Gasteiger partial charge in [0.2, 0.25) is 0 Å². The molecule has 0 N–H and O–H groups in total. The van der Waals surface area contributed by atoms with E-state index in [1.54, 1.807) is 0 Å². The number of ether oxygens (including phenoxy) is 1. The average Bonchev–Trinajstić information content (AvgIpc) is 2.47. The Kier molecular flexibility index (Phi) is 18.9. The third kappa shape index (κ3) is 18.0. The van der Waals surface area contributed by atoms with Gasteiger partial charge < -0.3 is 4.74 Å². The van der Waals surface area contributed by atoms with Crippen molar-refractivity contribution >= 4 is 0 Å². The van der Waals surface area contributed by atoms with Gasteiger partial charge in [-0.15, -0.1) is 0 Å². The van der Waals surface area contributed by atoms with Crippen LogP contribution in [0.2, 0.25) is 0 Å². The summed E-state index contributed by atoms with van der Waals surface area (Å²) in [6.45, 7) is 8.10. The van der Waals surface area contributed by atoms with Crippen LogP contribution in [0.5, 0.6) is 0 Å². The summed E-state index contributed by atoms with van der Waals surface area (Å²) in [6, 6.07) is 0. The van der Waals surface area contributed by atoms with Crippen LogP contribution >= 0.6 is 0 Å². The molecule has 0 heterocycles. The van der Waals surface area contributed by atoms with Crippen molar-refractivity contribution in [1.29, 1.82) is 0 Å². The van der Waals surface area contributed by atoms with E-state index in [0.29, 0.717) is 0 Å². The van der Waals surface area contributed by atoms with E-state index in [9.17, 15) is 0 Å². The third-order valence-electron chi connectivity index (χ3n) is 3.93. The highest BCUT2D eigenvalue weighted by molar-refractivity contribution is 4.48. The molecule has 0 saturated carbocycles. The maximum Gasteiger partial charge on any atom is 0.0466 e. The maximum absolute atomic E-state index is 5.69. The highest BCUT2D eigenvalue weighted by Crippen LogP contribution is 2.10. The number of hydrogen-bond donors (Lipinski definition) is 0. The molecule has 1 heteroatoms. The van der Waals surface area contributed by atoms with Crippen molar-refractivity contribution in [3.63, 3.8) is 0 Å². The predicted molar refractivity (Wildman–Crippen MR) is 91.1 cm³/mol. The SMILES string of the molecule is [CH2]CCCCCCCOCCCCCCCCCCC. The van der Waals surface area contributed by atoms with Gasteiger partial charge in [-0.1, -0.05) is 97.3 Å². The van der Waals surface area contributed by atoms with Gasteiger partial charge in [0, 0.05) is 13.2 Å². The molecule has 0 amide bonds. The summed E-state index contributed by atoms with van der Waals surface area (Å²) in [7, 11) is 0. The van der Waals surface area contributed by atoms with Gasteiger partial charge in [0.05, 0.1) is 0 Å². The number of rotatable bonds is 17. The van der Waals surface area contributed by atoms with Crippen molar-refractivity contribution in [2.24, 2.45) is 0 Å². The molecule has 0 aromatic carbocycles. The molecule has 0 aliphatic heterocycles. The van der Waals surface area contributed by atoms with E-state index in [0.717, 1.165) is 19.6 Å². The van der Waals surface area contributed by atoms with Gasteiger partial charge in [-0.25, -0.2) is 0 Å². The van der Waals surface area contributed by atoms with Crippen LogP contribution in [-0.4, -0.2) is 13.2 Å². The zero-order valence-corrected chi connectivity index (χ0v) is 14.1. The summed E-state index contributed by atoms with van der Waals surface area (Å²) in [4.78, 5) is 0. The van der Waals surface area contributed by atoms with E-state index in [2.05, 4.69) is 13.8 Å². The normalized spacial score (nSPS) is 11.1. The fraction of sp³-hybridized carbons (Fsp3) is 0.947. The Labute approximate surface area is 128 Å². The molecule has 0 aliphatic carbocycles. The van der Waals surface area contributed by atoms with Crippen LogP contribution in [0.4, 0.5) is 0 Å². The van der Waals surface area contributed by atoms with Crippen LogP contribution in [-0.2, 0) is 4.74 Å². The molecule has 0 rings (SSSR count). The number of hydrogen-bond acceptors (Lipinski definition) is 1. The Bertz CT molecular complexity index is 138. The van der Waals surface area contributed by atoms with Crippen molar-refractivity contribution in [2.75, 3.05) is 13.2 Å². The second-order valence-electron chi connectivity index (χ2n) is 6.06. The topological polar surface area (TPSA) is 9.23 Å². The van der Waals surface area contributed by atoms with E-state index < -0.39 is 0 Å². The van der Waals surface area contributed by atoms with Crippen LogP contribution in [0.3, 0.4) is 0 Å². The Hall–Kier alpha value is -0.0400. The number of unbranched alkanes of at least 4 members (excludes halogenated alkanes) is 13. The first-order valence-corrected chi connectivity index (χ1v) is 9.28. The second kappa shape index (κ2) is 19.0. The summed E-state index contributed by atoms with van der Waals surface area (Å²) >= 11 is 0. The van der Waals surface area contributed by atoms with Gasteiger partial charge >= 0.3 is 0 Å². The lowest BCUT2D eigenvalue weighted by Gasteiger charge is -2.05. The molecule has 0 fully saturated rings. The van der Waals surface area contributed by atoms with E-state index in [-0.39, 0.29) is 0 Å². The Morgan fingerprint density at radius 2 is 0.950 bits per heavy atom. The first-order chi connectivity index (χ1) is 9.91. The lowest BCUT2D eigenvalue weighted by molar-refractivity contribution is 0.125. The van der Waals surface area contributed by atoms with Crippen molar-refractivity contribution < 1.29 is 4.74 Å². The minimum atomic E-state index is 0.974. The van der Waals surface area contributed by atoms with Gasteiger partial charge in [0.25, 0.3) is 0 Å². The smallest absolute Gasteiger partial charge is 0.0466 e. The fourth-order valence-electron chi connectivity index (χ4n) is 2.53. The summed E-state index contributed by atoms with van der Waals surface area (Å²) in [5, 5.41) is 0. The van der Waals surface area contributed by atoms with Crippen molar-refractivity contribution in [1.82, 2.24) is 0 Å². The van der Waals surface area contributed by atoms with Crippen LogP contribution in [0.1, 0.15) is 103 Å². The van der Waals surface area contributed by atoms with Crippen LogP contribution in [0.25, 0.3) is 0 Å². The highest BCUT2D eigenvalue weighted by Gasteiger charge is 1.94. The molecule has 0 unspecified atom stereocenters. The zero-order valence-electron chi connectivity index (χ0n) is 14.1. The van der Waals surface area contributed by atoms with Gasteiger partial charge in [-0.05, 0) is 12.8 Å². The third-order valence-corrected chi connectivity index (χ3v) is 3.93. The van der Waals surface area contributed by atoms with Crippen molar-refractivity contribution in [2.45, 2.75) is 103 Å². The van der Waals surface area contributed by atoms with E-state index >= 15 is 0 Å². The lowest BCUT2D eigenvalue weighted by atomic mass is 10.1. The molecule has 0 aromatic rings. The van der Waals surface area contributed by atoms with Crippen LogP contribution in [0.15, 0.2) is 0 Å². The van der Waals surface area contributed by atoms with Gasteiger partial charge in [0.1, 0.15) is 0 Å². The Morgan fingerprint density at radius 3 is 1.40 bits per heavy atom. The highest BCUT2D eigenvalue weighted by atomic mass is 16.5. The van der Waals surface area contributed by atoms with Crippen LogP contribution in [0, 0.1) is 6.92 Å². The van der Waals surface area contributed by atoms with Crippen molar-refractivity contribution in [3.8, 4) is 0 Å². The molecule has 0 bridgehead atoms. The summed E-state index contributed by atoms with van der Waals surface area (Å²) in [5.74, 6) is 0. The molecule has 0 aromatic heterocycles. The average molecular weight is 284 g/mol. The van der Waals surface area contributed by atoms with Crippen molar-refractivity contribution in [3.05, 3.63) is 6.92 Å². The molecule has 20 heavy (non-hydrogen) atoms. The van der Waals surface area contributed by atoms with Gasteiger partial charge in [-0.3, -0.25) is 0 Å². The molecule has 0 atom stereocenters. The molecule has 1 nitrogen and oxygen atoms in total. The predicted octanol–water partition coefficient (Wildman–Crippen LogP) is 6.71. The largest absolute Gasteiger partial charge is 0.381 e. The second-order valence-corrected chi connectivity index (χ2v) is 6.06. The van der Waals surface area contributed by atoms with E-state index in [4.69, 9.17) is 4.74 Å². The zero-order chi connectivity index (χ0) is 14.7. The van der Waals surface area contributed by atoms with Gasteiger partial charge in [0.15, 0.2) is 0 Å². The fourth-order valence-corrected chi connectivity index (χ4v) is 2.53. The van der Waals surface area contributed by atoms with Gasteiger partial charge in [-0.2, -0.15) is 0 Å². The minimum Gasteiger partial charge on any atom is -0.381 e. The molecular weight excluding hydrogens is 244 g/mol. The molecule has 0 saturated heterocycles. The Morgan fingerprint density at radius 1 is 0.550 bits per heavy atom. The lowest BCUT2D eigenvalue weighted by Crippen LogP contribution is -1.97. The summed E-state index contributed by atoms with van der Waals surface area (Å²) in [5.41, 5.74) is 0. The standard InChI is InChI=1S/C19H39O/c1-3-5-7-9-11-12-13-15-17-19-20-18-16-14-10-8-6-4-2/h2-19H2,1H3. The quantitative estimate of drug-likeness (QED) is 0.270.